The van der Waals surface area contributed by atoms with E-state index in [4.69, 9.17) is 9.47 Å². The van der Waals surface area contributed by atoms with Crippen molar-refractivity contribution in [1.82, 2.24) is 0 Å². The van der Waals surface area contributed by atoms with E-state index in [9.17, 15) is 19.8 Å². The van der Waals surface area contributed by atoms with Gasteiger partial charge >= 0.3 is 6.09 Å². The number of carbonyl (C=O) groups excluding carboxylic acids is 2. The number of phenols is 1. The number of phenolic OH excluding ortho intramolecular Hbond substituents is 1. The molecule has 0 spiro atoms. The number of para-hydroxylation sites is 1. The molecule has 0 heterocycles. The molecule has 0 fully saturated rings. The molecule has 0 saturated heterocycles. The van der Waals surface area contributed by atoms with Crippen LogP contribution in [-0.2, 0) is 4.74 Å². The summed E-state index contributed by atoms with van der Waals surface area (Å²) in [5.74, 6) is 0.361. The summed E-state index contributed by atoms with van der Waals surface area (Å²) in [6.07, 6.45) is -2.46. The van der Waals surface area contributed by atoms with E-state index in [-0.39, 0.29) is 24.6 Å². The number of carbonyl (C=O) groups is 2. The number of ketones is 1. The Balaban J connectivity index is 1.87. The molecule has 2 atom stereocenters. The van der Waals surface area contributed by atoms with Crippen LogP contribution >= 0.6 is 15.9 Å². The second kappa shape index (κ2) is 11.5. The molecule has 0 aliphatic carbocycles. The van der Waals surface area contributed by atoms with Crippen molar-refractivity contribution in [3.8, 4) is 11.5 Å². The highest BCUT2D eigenvalue weighted by molar-refractivity contribution is 9.10. The lowest BCUT2D eigenvalue weighted by atomic mass is 10.0. The van der Waals surface area contributed by atoms with Gasteiger partial charge in [0.25, 0.3) is 0 Å². The number of Topliss-reactive ketones (excluding diaryl/α,β-unsaturated/α-hetero) is 1. The largest absolute Gasteiger partial charge is 0.508 e. The molecule has 0 saturated carbocycles. The van der Waals surface area contributed by atoms with Crippen molar-refractivity contribution in [3.05, 3.63) is 88.4 Å². The van der Waals surface area contributed by atoms with Crippen LogP contribution in [0.4, 0.5) is 10.5 Å². The number of ether oxygens (including phenoxy) is 2. The Kier molecular flexibility index (Phi) is 8.46. The van der Waals surface area contributed by atoms with Gasteiger partial charge < -0.3 is 19.7 Å². The summed E-state index contributed by atoms with van der Waals surface area (Å²) in [5.41, 5.74) is 1.27. The van der Waals surface area contributed by atoms with Gasteiger partial charge in [-0.3, -0.25) is 10.1 Å². The van der Waals surface area contributed by atoms with E-state index < -0.39 is 18.3 Å². The number of benzene rings is 3. The highest BCUT2D eigenvalue weighted by Crippen LogP contribution is 2.35. The van der Waals surface area contributed by atoms with Gasteiger partial charge in [-0.25, -0.2) is 4.79 Å². The normalized spacial score (nSPS) is 12.5. The van der Waals surface area contributed by atoms with Crippen LogP contribution < -0.4 is 10.1 Å². The van der Waals surface area contributed by atoms with Crippen LogP contribution in [0.1, 0.15) is 35.4 Å². The summed E-state index contributed by atoms with van der Waals surface area (Å²) in [4.78, 5) is 24.2. The first-order valence-corrected chi connectivity index (χ1v) is 11.1. The van der Waals surface area contributed by atoms with Crippen molar-refractivity contribution in [2.75, 3.05) is 11.9 Å². The lowest BCUT2D eigenvalue weighted by molar-refractivity contribution is 0.00797. The number of rotatable bonds is 9. The van der Waals surface area contributed by atoms with Crippen molar-refractivity contribution in [1.29, 1.82) is 0 Å². The standard InChI is InChI=1S/C25H24BrNO6/c1-16(29)17-7-10-19(11-8-17)27-25(31)33-24(21-15-18(26)9-12-22(21)30)23(13-14-28)32-20-5-3-2-4-6-20/h2-12,15,23-24,28,30H,13-14H2,1H3,(H,27,31)/t23-,24-/m1/s1. The first-order chi connectivity index (χ1) is 15.9. The molecular formula is C25H24BrNO6. The number of hydrogen-bond donors (Lipinski definition) is 3. The molecule has 7 nitrogen and oxygen atoms in total. The van der Waals surface area contributed by atoms with Crippen molar-refractivity contribution >= 4 is 33.5 Å². The molecule has 3 aromatic rings. The van der Waals surface area contributed by atoms with Gasteiger partial charge in [0, 0.05) is 34.3 Å². The molecule has 33 heavy (non-hydrogen) atoms. The Bertz CT molecular complexity index is 1090. The highest BCUT2D eigenvalue weighted by atomic mass is 79.9. The molecule has 172 valence electrons. The minimum absolute atomic E-state index is 0.0820. The van der Waals surface area contributed by atoms with Crippen LogP contribution in [0.3, 0.4) is 0 Å². The zero-order chi connectivity index (χ0) is 23.8. The average Bonchev–Trinajstić information content (AvgIpc) is 2.80. The summed E-state index contributed by atoms with van der Waals surface area (Å²) < 4.78 is 12.4. The molecule has 3 aromatic carbocycles. The Hall–Kier alpha value is -3.36. The monoisotopic (exact) mass is 513 g/mol. The topological polar surface area (TPSA) is 105 Å². The van der Waals surface area contributed by atoms with Crippen LogP contribution in [-0.4, -0.2) is 34.8 Å². The van der Waals surface area contributed by atoms with Crippen LogP contribution in [0.25, 0.3) is 0 Å². The maximum atomic E-state index is 12.8. The van der Waals surface area contributed by atoms with Crippen LogP contribution in [0.15, 0.2) is 77.3 Å². The SMILES string of the molecule is CC(=O)c1ccc(NC(=O)O[C@H](c2cc(Br)ccc2O)[C@@H](CCO)Oc2ccccc2)cc1. The number of anilines is 1. The van der Waals surface area contributed by atoms with Gasteiger partial charge in [0.05, 0.1) is 0 Å². The first-order valence-electron chi connectivity index (χ1n) is 10.3. The number of aliphatic hydroxyl groups excluding tert-OH is 1. The van der Waals surface area contributed by atoms with E-state index in [1.807, 2.05) is 6.07 Å². The summed E-state index contributed by atoms with van der Waals surface area (Å²) >= 11 is 3.37. The number of amides is 1. The van der Waals surface area contributed by atoms with E-state index in [0.717, 1.165) is 0 Å². The van der Waals surface area contributed by atoms with Gasteiger partial charge in [-0.15, -0.1) is 0 Å². The van der Waals surface area contributed by atoms with Crippen LogP contribution in [0.2, 0.25) is 0 Å². The van der Waals surface area contributed by atoms with Crippen molar-refractivity contribution in [2.45, 2.75) is 25.6 Å². The molecule has 0 unspecified atom stereocenters. The van der Waals surface area contributed by atoms with E-state index in [0.29, 0.717) is 27.0 Å². The summed E-state index contributed by atoms with van der Waals surface area (Å²) in [6.45, 7) is 1.24. The van der Waals surface area contributed by atoms with Gasteiger partial charge in [-0.2, -0.15) is 0 Å². The van der Waals surface area contributed by atoms with Crippen LogP contribution in [0, 0.1) is 0 Å². The molecule has 8 heteroatoms. The molecule has 0 aliphatic heterocycles. The van der Waals surface area contributed by atoms with Crippen molar-refractivity contribution in [3.63, 3.8) is 0 Å². The second-order valence-electron chi connectivity index (χ2n) is 7.27. The third kappa shape index (κ3) is 6.81. The smallest absolute Gasteiger partial charge is 0.412 e. The van der Waals surface area contributed by atoms with Gasteiger partial charge in [0.1, 0.15) is 17.6 Å². The maximum Gasteiger partial charge on any atom is 0.412 e. The van der Waals surface area contributed by atoms with Crippen LogP contribution in [0.5, 0.6) is 11.5 Å². The molecule has 0 bridgehead atoms. The Labute approximate surface area is 200 Å². The molecule has 0 aromatic heterocycles. The fourth-order valence-electron chi connectivity index (χ4n) is 3.22. The van der Waals surface area contributed by atoms with Gasteiger partial charge in [-0.05, 0) is 61.5 Å². The third-order valence-electron chi connectivity index (χ3n) is 4.85. The predicted molar refractivity (Wildman–Crippen MR) is 128 cm³/mol. The van der Waals surface area contributed by atoms with E-state index in [1.165, 1.54) is 13.0 Å². The zero-order valence-corrected chi connectivity index (χ0v) is 19.5. The van der Waals surface area contributed by atoms with E-state index in [2.05, 4.69) is 21.2 Å². The third-order valence-corrected chi connectivity index (χ3v) is 5.34. The molecule has 3 N–H and O–H groups in total. The number of nitrogens with one attached hydrogen (secondary N) is 1. The van der Waals surface area contributed by atoms with E-state index >= 15 is 0 Å². The minimum Gasteiger partial charge on any atom is -0.508 e. The van der Waals surface area contributed by atoms with Crippen molar-refractivity contribution < 1.29 is 29.3 Å². The van der Waals surface area contributed by atoms with Gasteiger partial charge in [0.2, 0.25) is 0 Å². The number of aromatic hydroxyl groups is 1. The number of halogens is 1. The summed E-state index contributed by atoms with van der Waals surface area (Å²) in [6, 6.07) is 20.1. The molecule has 1 amide bonds. The minimum atomic E-state index is -1.04. The summed E-state index contributed by atoms with van der Waals surface area (Å²) in [5, 5.41) is 22.7. The second-order valence-corrected chi connectivity index (χ2v) is 8.18. The highest BCUT2D eigenvalue weighted by Gasteiger charge is 2.31. The Morgan fingerprint density at radius 1 is 1.03 bits per heavy atom. The molecule has 0 radical (unpaired) electrons. The predicted octanol–water partition coefficient (Wildman–Crippen LogP) is 5.48. The van der Waals surface area contributed by atoms with E-state index in [1.54, 1.807) is 60.7 Å². The maximum absolute atomic E-state index is 12.8. The fourth-order valence-corrected chi connectivity index (χ4v) is 3.60. The van der Waals surface area contributed by atoms with Crippen molar-refractivity contribution in [2.24, 2.45) is 0 Å². The Morgan fingerprint density at radius 3 is 2.36 bits per heavy atom. The molecule has 0 aliphatic rings. The van der Waals surface area contributed by atoms with Gasteiger partial charge in [0.15, 0.2) is 11.9 Å². The number of hydrogen-bond acceptors (Lipinski definition) is 6. The quantitative estimate of drug-likeness (QED) is 0.327. The lowest BCUT2D eigenvalue weighted by Gasteiger charge is -2.28. The fraction of sp³-hybridized carbons (Fsp3) is 0.200. The lowest BCUT2D eigenvalue weighted by Crippen LogP contribution is -2.32. The average molecular weight is 514 g/mol. The molecule has 3 rings (SSSR count). The first kappa shape index (κ1) is 24.3. The van der Waals surface area contributed by atoms with Gasteiger partial charge in [-0.1, -0.05) is 34.1 Å². The number of aliphatic hydroxyl groups is 1. The Morgan fingerprint density at radius 2 is 1.73 bits per heavy atom. The molecular weight excluding hydrogens is 490 g/mol. The zero-order valence-electron chi connectivity index (χ0n) is 17.9. The summed E-state index contributed by atoms with van der Waals surface area (Å²) in [7, 11) is 0.